The first kappa shape index (κ1) is 11.0. The Labute approximate surface area is 100 Å². The fraction of sp³-hybridized carbons (Fsp3) is 0.0714. The van der Waals surface area contributed by atoms with Crippen LogP contribution in [0.5, 0.6) is 0 Å². The molecule has 0 radical (unpaired) electrons. The van der Waals surface area contributed by atoms with E-state index in [1.807, 2.05) is 36.5 Å². The minimum absolute atomic E-state index is 0.983. The highest BCUT2D eigenvalue weighted by molar-refractivity contribution is 7.98. The van der Waals surface area contributed by atoms with Crippen molar-refractivity contribution >= 4 is 23.7 Å². The molecule has 0 N–H and O–H groups in total. The van der Waals surface area contributed by atoms with Gasteiger partial charge in [-0.25, -0.2) is 0 Å². The SMILES string of the molecule is CSc1ccc(C=Nc2ccccc2)cc1. The van der Waals surface area contributed by atoms with Crippen molar-refractivity contribution in [3.8, 4) is 0 Å². The van der Waals surface area contributed by atoms with Crippen LogP contribution in [0.25, 0.3) is 0 Å². The van der Waals surface area contributed by atoms with E-state index in [0.29, 0.717) is 0 Å². The molecule has 2 aromatic carbocycles. The maximum Gasteiger partial charge on any atom is 0.0629 e. The third kappa shape index (κ3) is 2.97. The molecular weight excluding hydrogens is 214 g/mol. The standard InChI is InChI=1S/C14H13NS/c1-16-14-9-7-12(8-10-14)11-15-13-5-3-2-4-6-13/h2-11H,1H3. The number of hydrogen-bond donors (Lipinski definition) is 0. The van der Waals surface area contributed by atoms with Gasteiger partial charge in [0.25, 0.3) is 0 Å². The predicted octanol–water partition coefficient (Wildman–Crippen LogP) is 4.16. The van der Waals surface area contributed by atoms with Crippen molar-refractivity contribution in [2.45, 2.75) is 4.90 Å². The fourth-order valence-corrected chi connectivity index (χ4v) is 1.76. The molecule has 2 heteroatoms. The lowest BCUT2D eigenvalue weighted by Gasteiger charge is -1.96. The molecule has 80 valence electrons. The van der Waals surface area contributed by atoms with E-state index >= 15 is 0 Å². The number of nitrogens with zero attached hydrogens (tertiary/aromatic N) is 1. The summed E-state index contributed by atoms with van der Waals surface area (Å²) in [4.78, 5) is 5.68. The van der Waals surface area contributed by atoms with Gasteiger partial charge in [0.15, 0.2) is 0 Å². The third-order valence-corrected chi connectivity index (χ3v) is 2.98. The Kier molecular flexibility index (Phi) is 3.78. The summed E-state index contributed by atoms with van der Waals surface area (Å²) in [6.07, 6.45) is 3.96. The second kappa shape index (κ2) is 5.52. The van der Waals surface area contributed by atoms with Crippen molar-refractivity contribution in [3.63, 3.8) is 0 Å². The van der Waals surface area contributed by atoms with Crippen molar-refractivity contribution in [3.05, 3.63) is 60.2 Å². The Morgan fingerprint density at radius 2 is 1.62 bits per heavy atom. The molecular formula is C14H13NS. The van der Waals surface area contributed by atoms with Crippen LogP contribution >= 0.6 is 11.8 Å². The average molecular weight is 227 g/mol. The smallest absolute Gasteiger partial charge is 0.0629 e. The second-order valence-corrected chi connectivity index (χ2v) is 4.25. The van der Waals surface area contributed by atoms with Crippen LogP contribution in [0.2, 0.25) is 0 Å². The molecule has 0 heterocycles. The molecule has 0 saturated carbocycles. The number of thioether (sulfide) groups is 1. The highest BCUT2D eigenvalue weighted by Crippen LogP contribution is 2.15. The third-order valence-electron chi connectivity index (χ3n) is 2.23. The Balaban J connectivity index is 2.12. The van der Waals surface area contributed by atoms with Crippen molar-refractivity contribution < 1.29 is 0 Å². The molecule has 1 nitrogen and oxygen atoms in total. The minimum atomic E-state index is 0.983. The second-order valence-electron chi connectivity index (χ2n) is 3.37. The van der Waals surface area contributed by atoms with Gasteiger partial charge in [0.2, 0.25) is 0 Å². The first-order chi connectivity index (χ1) is 7.88. The summed E-state index contributed by atoms with van der Waals surface area (Å²) in [5.74, 6) is 0. The van der Waals surface area contributed by atoms with Crippen LogP contribution in [-0.2, 0) is 0 Å². The Hall–Kier alpha value is -1.54. The molecule has 0 spiro atoms. The van der Waals surface area contributed by atoms with E-state index in [0.717, 1.165) is 11.3 Å². The van der Waals surface area contributed by atoms with Crippen LogP contribution in [0, 0.1) is 0 Å². The first-order valence-corrected chi connectivity index (χ1v) is 6.34. The monoisotopic (exact) mass is 227 g/mol. The van der Waals surface area contributed by atoms with Crippen LogP contribution in [0.15, 0.2) is 64.5 Å². The van der Waals surface area contributed by atoms with E-state index in [4.69, 9.17) is 0 Å². The zero-order valence-electron chi connectivity index (χ0n) is 9.13. The van der Waals surface area contributed by atoms with Gasteiger partial charge in [-0.1, -0.05) is 30.3 Å². The van der Waals surface area contributed by atoms with E-state index in [1.165, 1.54) is 4.90 Å². The number of aliphatic imine (C=N–C) groups is 1. The lowest BCUT2D eigenvalue weighted by atomic mass is 10.2. The Morgan fingerprint density at radius 3 is 2.25 bits per heavy atom. The van der Waals surface area contributed by atoms with Gasteiger partial charge in [0.05, 0.1) is 5.69 Å². The summed E-state index contributed by atoms with van der Waals surface area (Å²) in [5.41, 5.74) is 2.11. The highest BCUT2D eigenvalue weighted by Gasteiger charge is 1.90. The van der Waals surface area contributed by atoms with Crippen LogP contribution in [0.3, 0.4) is 0 Å². The van der Waals surface area contributed by atoms with Gasteiger partial charge in [-0.3, -0.25) is 4.99 Å². The quantitative estimate of drug-likeness (QED) is 0.566. The molecule has 0 saturated heterocycles. The van der Waals surface area contributed by atoms with Crippen LogP contribution in [0.4, 0.5) is 5.69 Å². The molecule has 0 aromatic heterocycles. The summed E-state index contributed by atoms with van der Waals surface area (Å²) >= 11 is 1.75. The van der Waals surface area contributed by atoms with E-state index in [-0.39, 0.29) is 0 Å². The van der Waals surface area contributed by atoms with E-state index < -0.39 is 0 Å². The Bertz CT molecular complexity index is 460. The van der Waals surface area contributed by atoms with E-state index in [2.05, 4.69) is 35.5 Å². The zero-order chi connectivity index (χ0) is 11.2. The maximum atomic E-state index is 4.40. The van der Waals surface area contributed by atoms with Crippen LogP contribution < -0.4 is 0 Å². The van der Waals surface area contributed by atoms with Crippen molar-refractivity contribution in [1.29, 1.82) is 0 Å². The lowest BCUT2D eigenvalue weighted by molar-refractivity contribution is 1.45. The van der Waals surface area contributed by atoms with Gasteiger partial charge in [-0.05, 0) is 36.1 Å². The predicted molar refractivity (Wildman–Crippen MR) is 71.9 cm³/mol. The van der Waals surface area contributed by atoms with E-state index in [9.17, 15) is 0 Å². The van der Waals surface area contributed by atoms with Crippen molar-refractivity contribution in [2.24, 2.45) is 4.99 Å². The summed E-state index contributed by atoms with van der Waals surface area (Å²) in [7, 11) is 0. The van der Waals surface area contributed by atoms with Crippen molar-refractivity contribution in [2.75, 3.05) is 6.26 Å². The average Bonchev–Trinajstić information content (AvgIpc) is 2.38. The first-order valence-electron chi connectivity index (χ1n) is 5.11. The molecule has 0 fully saturated rings. The fourth-order valence-electron chi connectivity index (χ4n) is 1.35. The number of rotatable bonds is 3. The lowest BCUT2D eigenvalue weighted by Crippen LogP contribution is -1.79. The number of para-hydroxylation sites is 1. The normalized spacial score (nSPS) is 10.8. The van der Waals surface area contributed by atoms with Gasteiger partial charge < -0.3 is 0 Å². The molecule has 2 aromatic rings. The van der Waals surface area contributed by atoms with Crippen molar-refractivity contribution in [1.82, 2.24) is 0 Å². The van der Waals surface area contributed by atoms with Gasteiger partial charge >= 0.3 is 0 Å². The Morgan fingerprint density at radius 1 is 0.938 bits per heavy atom. The summed E-state index contributed by atoms with van der Waals surface area (Å²) in [5, 5.41) is 0. The maximum absolute atomic E-state index is 4.40. The molecule has 0 atom stereocenters. The topological polar surface area (TPSA) is 12.4 Å². The molecule has 0 unspecified atom stereocenters. The van der Waals surface area contributed by atoms with Crippen LogP contribution in [-0.4, -0.2) is 12.5 Å². The molecule has 0 aliphatic carbocycles. The molecule has 16 heavy (non-hydrogen) atoms. The molecule has 0 amide bonds. The summed E-state index contributed by atoms with van der Waals surface area (Å²) < 4.78 is 0. The largest absolute Gasteiger partial charge is 0.256 e. The molecule has 2 rings (SSSR count). The minimum Gasteiger partial charge on any atom is -0.256 e. The van der Waals surface area contributed by atoms with Gasteiger partial charge in [-0.15, -0.1) is 11.8 Å². The van der Waals surface area contributed by atoms with E-state index in [1.54, 1.807) is 11.8 Å². The molecule has 0 aliphatic heterocycles. The number of benzene rings is 2. The summed E-state index contributed by atoms with van der Waals surface area (Å²) in [6.45, 7) is 0. The van der Waals surface area contributed by atoms with Gasteiger partial charge in [0, 0.05) is 11.1 Å². The van der Waals surface area contributed by atoms with Gasteiger partial charge in [0.1, 0.15) is 0 Å². The molecule has 0 bridgehead atoms. The highest BCUT2D eigenvalue weighted by atomic mass is 32.2. The molecule has 0 aliphatic rings. The van der Waals surface area contributed by atoms with Gasteiger partial charge in [-0.2, -0.15) is 0 Å². The zero-order valence-corrected chi connectivity index (χ0v) is 9.95. The number of hydrogen-bond acceptors (Lipinski definition) is 2. The summed E-state index contributed by atoms with van der Waals surface area (Å²) in [6, 6.07) is 18.3. The van der Waals surface area contributed by atoms with Crippen LogP contribution in [0.1, 0.15) is 5.56 Å².